The second kappa shape index (κ2) is 11.3. The second-order valence-corrected chi connectivity index (χ2v) is 13.5. The van der Waals surface area contributed by atoms with Crippen molar-refractivity contribution in [1.82, 2.24) is 5.32 Å². The van der Waals surface area contributed by atoms with Gasteiger partial charge in [-0.25, -0.2) is 4.79 Å². The molecule has 0 aromatic carbocycles. The van der Waals surface area contributed by atoms with Crippen molar-refractivity contribution in [3.05, 3.63) is 11.6 Å². The Morgan fingerprint density at radius 2 is 1.97 bits per heavy atom. The van der Waals surface area contributed by atoms with Crippen molar-refractivity contribution in [3.63, 3.8) is 0 Å². The van der Waals surface area contributed by atoms with Crippen LogP contribution in [-0.4, -0.2) is 24.1 Å². The molecular formula is C30H50BrNO2. The molecule has 4 aliphatic rings. The van der Waals surface area contributed by atoms with Crippen LogP contribution in [0.15, 0.2) is 11.6 Å². The van der Waals surface area contributed by atoms with Crippen molar-refractivity contribution in [2.24, 2.45) is 40.4 Å². The lowest BCUT2D eigenvalue weighted by Gasteiger charge is -2.58. The van der Waals surface area contributed by atoms with Gasteiger partial charge in [0.2, 0.25) is 0 Å². The van der Waals surface area contributed by atoms with Crippen LogP contribution in [0.25, 0.3) is 0 Å². The molecule has 0 radical (unpaired) electrons. The van der Waals surface area contributed by atoms with E-state index in [1.54, 1.807) is 5.57 Å². The van der Waals surface area contributed by atoms with Crippen molar-refractivity contribution in [2.75, 3.05) is 11.9 Å². The Kier molecular flexibility index (Phi) is 8.79. The second-order valence-electron chi connectivity index (χ2n) is 12.7. The number of hydrogen-bond donors (Lipinski definition) is 1. The van der Waals surface area contributed by atoms with Gasteiger partial charge in [-0.3, -0.25) is 0 Å². The Morgan fingerprint density at radius 3 is 2.74 bits per heavy atom. The maximum Gasteiger partial charge on any atom is 0.407 e. The van der Waals surface area contributed by atoms with E-state index in [9.17, 15) is 4.79 Å². The largest absolute Gasteiger partial charge is 0.446 e. The molecule has 0 bridgehead atoms. The number of fused-ring (bicyclic) bond motifs is 5. The number of alkyl carbamates (subject to hydrolysis) is 1. The number of alkyl halides is 1. The van der Waals surface area contributed by atoms with E-state index in [1.807, 2.05) is 0 Å². The summed E-state index contributed by atoms with van der Waals surface area (Å²) in [4.78, 5) is 12.2. The molecule has 0 heterocycles. The number of amides is 1. The Balaban J connectivity index is 1.40. The molecule has 3 unspecified atom stereocenters. The molecular weight excluding hydrogens is 486 g/mol. The normalized spacial score (nSPS) is 39.9. The van der Waals surface area contributed by atoms with Crippen molar-refractivity contribution in [1.29, 1.82) is 0 Å². The molecule has 0 saturated heterocycles. The van der Waals surface area contributed by atoms with Gasteiger partial charge in [-0.15, -0.1) is 0 Å². The van der Waals surface area contributed by atoms with Gasteiger partial charge >= 0.3 is 6.09 Å². The monoisotopic (exact) mass is 535 g/mol. The Bertz CT molecular complexity index is 737. The fourth-order valence-corrected chi connectivity index (χ4v) is 9.35. The summed E-state index contributed by atoms with van der Waals surface area (Å²) in [6.45, 7) is 10.8. The van der Waals surface area contributed by atoms with Gasteiger partial charge in [0, 0.05) is 18.3 Å². The fourth-order valence-electron chi connectivity index (χ4n) is 9.07. The molecule has 194 valence electrons. The summed E-state index contributed by atoms with van der Waals surface area (Å²) < 4.78 is 5.83. The maximum atomic E-state index is 12.2. The minimum absolute atomic E-state index is 0.0496. The number of unbranched alkanes of at least 4 members (excludes halogenated alkanes) is 2. The van der Waals surface area contributed by atoms with Crippen LogP contribution >= 0.6 is 15.9 Å². The number of carbonyl (C=O) groups excluding carboxylic acids is 1. The fraction of sp³-hybridized carbons (Fsp3) is 0.900. The molecule has 0 aromatic rings. The predicted octanol–water partition coefficient (Wildman–Crippen LogP) is 8.66. The molecule has 4 heteroatoms. The average molecular weight is 537 g/mol. The van der Waals surface area contributed by atoms with Crippen molar-refractivity contribution in [3.8, 4) is 0 Å². The van der Waals surface area contributed by atoms with E-state index < -0.39 is 0 Å². The predicted molar refractivity (Wildman–Crippen MR) is 145 cm³/mol. The number of rotatable bonds is 9. The smallest absolute Gasteiger partial charge is 0.407 e. The van der Waals surface area contributed by atoms with Crippen molar-refractivity contribution < 1.29 is 9.53 Å². The molecule has 34 heavy (non-hydrogen) atoms. The van der Waals surface area contributed by atoms with Crippen molar-refractivity contribution in [2.45, 2.75) is 117 Å². The number of allylic oxidation sites excluding steroid dienone is 1. The zero-order chi connectivity index (χ0) is 24.3. The molecule has 0 aromatic heterocycles. The summed E-state index contributed by atoms with van der Waals surface area (Å²) in [5.41, 5.74) is 2.48. The first kappa shape index (κ1) is 26.6. The minimum atomic E-state index is -0.234. The van der Waals surface area contributed by atoms with E-state index in [-0.39, 0.29) is 12.2 Å². The van der Waals surface area contributed by atoms with Crippen LogP contribution in [0.2, 0.25) is 0 Å². The Hall–Kier alpha value is -0.510. The van der Waals surface area contributed by atoms with Crippen LogP contribution in [-0.2, 0) is 4.74 Å². The third-order valence-electron chi connectivity index (χ3n) is 10.9. The molecule has 0 spiro atoms. The average Bonchev–Trinajstić information content (AvgIpc) is 3.17. The molecule has 4 aliphatic carbocycles. The number of carbonyl (C=O) groups is 1. The Morgan fingerprint density at radius 1 is 1.15 bits per heavy atom. The molecule has 3 fully saturated rings. The first-order valence-corrected chi connectivity index (χ1v) is 15.7. The van der Waals surface area contributed by atoms with Crippen LogP contribution in [0, 0.1) is 40.4 Å². The molecule has 3 nitrogen and oxygen atoms in total. The minimum Gasteiger partial charge on any atom is -0.446 e. The third-order valence-corrected chi connectivity index (χ3v) is 11.5. The van der Waals surface area contributed by atoms with Gasteiger partial charge in [0.1, 0.15) is 6.10 Å². The van der Waals surface area contributed by atoms with Gasteiger partial charge in [-0.2, -0.15) is 0 Å². The summed E-state index contributed by atoms with van der Waals surface area (Å²) in [5.74, 6) is 4.42. The highest BCUT2D eigenvalue weighted by Crippen LogP contribution is 2.67. The highest BCUT2D eigenvalue weighted by atomic mass is 79.9. The molecule has 1 amide bonds. The van der Waals surface area contributed by atoms with E-state index in [1.165, 1.54) is 64.2 Å². The van der Waals surface area contributed by atoms with Gasteiger partial charge < -0.3 is 10.1 Å². The summed E-state index contributed by atoms with van der Waals surface area (Å²) >= 11 is 3.41. The van der Waals surface area contributed by atoms with Gasteiger partial charge in [0.05, 0.1) is 0 Å². The molecule has 4 rings (SSSR count). The third kappa shape index (κ3) is 5.14. The summed E-state index contributed by atoms with van der Waals surface area (Å²) in [5, 5.41) is 3.81. The lowest BCUT2D eigenvalue weighted by Crippen LogP contribution is -2.51. The van der Waals surface area contributed by atoms with E-state index >= 15 is 0 Å². The van der Waals surface area contributed by atoms with E-state index in [2.05, 4.69) is 55.0 Å². The molecule has 0 aliphatic heterocycles. The van der Waals surface area contributed by atoms with Crippen LogP contribution in [0.3, 0.4) is 0 Å². The maximum absolute atomic E-state index is 12.2. The summed E-state index contributed by atoms with van der Waals surface area (Å²) in [7, 11) is 0. The van der Waals surface area contributed by atoms with E-state index in [4.69, 9.17) is 4.74 Å². The van der Waals surface area contributed by atoms with Crippen LogP contribution < -0.4 is 5.32 Å². The number of nitrogens with one attached hydrogen (secondary N) is 1. The lowest BCUT2D eigenvalue weighted by atomic mass is 9.47. The highest BCUT2D eigenvalue weighted by molar-refractivity contribution is 9.09. The van der Waals surface area contributed by atoms with E-state index in [0.717, 1.165) is 54.2 Å². The zero-order valence-corrected chi connectivity index (χ0v) is 23.9. The quantitative estimate of drug-likeness (QED) is 0.182. The summed E-state index contributed by atoms with van der Waals surface area (Å²) in [6, 6.07) is 0. The van der Waals surface area contributed by atoms with Gasteiger partial charge in [-0.05, 0) is 91.8 Å². The topological polar surface area (TPSA) is 38.3 Å². The lowest BCUT2D eigenvalue weighted by molar-refractivity contribution is -0.0581. The number of hydrogen-bond acceptors (Lipinski definition) is 2. The first-order valence-electron chi connectivity index (χ1n) is 14.5. The standard InChI is InChI=1S/C30H50BrNO2/c1-5-6-7-9-21(2)25-12-13-26-24-11-10-22-20-23(34-28(33)32-19-8-18-31)14-16-29(22,3)27(24)15-17-30(25,26)4/h10,21,23-27H,5-9,11-20H2,1-4H3,(H,32,33)/t21-,23+,24?,25-,26?,27?,29+,30-/m1/s1. The molecule has 1 N–H and O–H groups in total. The van der Waals surface area contributed by atoms with Crippen LogP contribution in [0.5, 0.6) is 0 Å². The molecule has 3 saturated carbocycles. The van der Waals surface area contributed by atoms with Gasteiger partial charge in [-0.1, -0.05) is 81.0 Å². The van der Waals surface area contributed by atoms with Gasteiger partial charge in [0.15, 0.2) is 0 Å². The number of halogens is 1. The van der Waals surface area contributed by atoms with Crippen LogP contribution in [0.1, 0.15) is 111 Å². The molecule has 8 atom stereocenters. The van der Waals surface area contributed by atoms with E-state index in [0.29, 0.717) is 17.4 Å². The van der Waals surface area contributed by atoms with Gasteiger partial charge in [0.25, 0.3) is 0 Å². The van der Waals surface area contributed by atoms with Crippen molar-refractivity contribution >= 4 is 22.0 Å². The summed E-state index contributed by atoms with van der Waals surface area (Å²) in [6.07, 6.45) is 19.1. The first-order chi connectivity index (χ1) is 16.3. The Labute approximate surface area is 217 Å². The zero-order valence-electron chi connectivity index (χ0n) is 22.3. The van der Waals surface area contributed by atoms with Crippen LogP contribution in [0.4, 0.5) is 4.79 Å². The highest BCUT2D eigenvalue weighted by Gasteiger charge is 2.59. The number of ether oxygens (including phenoxy) is 1. The SMILES string of the molecule is CCCCC[C@@H](C)[C@H]1CCC2C3CC=C4C[C@@H](OC(=O)NCCCBr)CC[C@]4(C)C3CC[C@@]21C.